The molecule has 7 heteroatoms. The van der Waals surface area contributed by atoms with Crippen LogP contribution in [0, 0.1) is 3.57 Å². The third-order valence-electron chi connectivity index (χ3n) is 2.99. The van der Waals surface area contributed by atoms with Gasteiger partial charge in [0.15, 0.2) is 0 Å². The van der Waals surface area contributed by atoms with Gasteiger partial charge in [0.05, 0.1) is 16.6 Å². The van der Waals surface area contributed by atoms with Crippen molar-refractivity contribution in [3.63, 3.8) is 0 Å². The highest BCUT2D eigenvalue weighted by Crippen LogP contribution is 2.32. The Hall–Kier alpha value is -1.28. The molecule has 1 aromatic heterocycles. The molecule has 0 unspecified atom stereocenters. The summed E-state index contributed by atoms with van der Waals surface area (Å²) in [7, 11) is 0. The van der Waals surface area contributed by atoms with Crippen molar-refractivity contribution in [2.75, 3.05) is 0 Å². The molecular weight excluding hydrogens is 416 g/mol. The molecule has 0 saturated carbocycles. The summed E-state index contributed by atoms with van der Waals surface area (Å²) in [5.74, 6) is 0.497. The molecule has 0 aliphatic heterocycles. The number of benzene rings is 2. The lowest BCUT2D eigenvalue weighted by molar-refractivity contribution is -0.137. The predicted octanol–water partition coefficient (Wildman–Crippen LogP) is 5.51. The first-order valence-electron chi connectivity index (χ1n) is 5.87. The van der Waals surface area contributed by atoms with E-state index in [-0.39, 0.29) is 0 Å². The summed E-state index contributed by atoms with van der Waals surface area (Å²) in [5.41, 5.74) is 0.878. The molecule has 21 heavy (non-hydrogen) atoms. The summed E-state index contributed by atoms with van der Waals surface area (Å²) in [6.07, 6.45) is -4.37. The first-order chi connectivity index (χ1) is 9.84. The van der Waals surface area contributed by atoms with E-state index in [4.69, 9.17) is 11.6 Å². The number of nitrogens with one attached hydrogen (secondary N) is 1. The monoisotopic (exact) mass is 422 g/mol. The second kappa shape index (κ2) is 5.17. The zero-order valence-corrected chi connectivity index (χ0v) is 13.2. The first-order valence-corrected chi connectivity index (χ1v) is 7.32. The Morgan fingerprint density at radius 2 is 1.86 bits per heavy atom. The molecule has 1 N–H and O–H groups in total. The molecule has 0 saturated heterocycles. The minimum Gasteiger partial charge on any atom is -0.338 e. The Bertz CT molecular complexity index is 827. The van der Waals surface area contributed by atoms with Crippen LogP contribution < -0.4 is 0 Å². The number of aromatic amines is 1. The van der Waals surface area contributed by atoms with Crippen molar-refractivity contribution < 1.29 is 13.2 Å². The van der Waals surface area contributed by atoms with Crippen LogP contribution in [0.25, 0.3) is 22.4 Å². The maximum atomic E-state index is 12.7. The SMILES string of the molecule is FC(F)(F)c1ccc2nc(-c3cc(Cl)ccc3I)[nH]c2c1. The molecule has 0 bridgehead atoms. The van der Waals surface area contributed by atoms with Crippen molar-refractivity contribution in [1.82, 2.24) is 9.97 Å². The van der Waals surface area contributed by atoms with E-state index in [2.05, 4.69) is 32.6 Å². The van der Waals surface area contributed by atoms with Crippen LogP contribution in [0.15, 0.2) is 36.4 Å². The smallest absolute Gasteiger partial charge is 0.338 e. The average Bonchev–Trinajstić information content (AvgIpc) is 2.83. The minimum atomic E-state index is -4.37. The Kier molecular flexibility index (Phi) is 3.61. The van der Waals surface area contributed by atoms with Gasteiger partial charge < -0.3 is 4.98 Å². The van der Waals surface area contributed by atoms with Gasteiger partial charge in [-0.05, 0) is 59.0 Å². The number of fused-ring (bicyclic) bond motifs is 1. The maximum absolute atomic E-state index is 12.7. The molecule has 1 heterocycles. The van der Waals surface area contributed by atoms with Gasteiger partial charge in [0.2, 0.25) is 0 Å². The van der Waals surface area contributed by atoms with Crippen LogP contribution in [0.4, 0.5) is 13.2 Å². The minimum absolute atomic E-state index is 0.343. The van der Waals surface area contributed by atoms with Crippen LogP contribution in [0.1, 0.15) is 5.56 Å². The Balaban J connectivity index is 2.15. The molecular formula is C14H7ClF3IN2. The number of aromatic nitrogens is 2. The van der Waals surface area contributed by atoms with Gasteiger partial charge in [-0.25, -0.2) is 4.98 Å². The zero-order valence-electron chi connectivity index (χ0n) is 10.3. The molecule has 2 aromatic carbocycles. The number of alkyl halides is 3. The Morgan fingerprint density at radius 3 is 2.57 bits per heavy atom. The zero-order chi connectivity index (χ0) is 15.2. The molecule has 0 fully saturated rings. The van der Waals surface area contributed by atoms with E-state index in [1.165, 1.54) is 6.07 Å². The fraction of sp³-hybridized carbons (Fsp3) is 0.0714. The normalized spacial score (nSPS) is 12.0. The lowest BCUT2D eigenvalue weighted by Crippen LogP contribution is -2.04. The van der Waals surface area contributed by atoms with Gasteiger partial charge in [0.1, 0.15) is 5.82 Å². The van der Waals surface area contributed by atoms with Crippen molar-refractivity contribution in [1.29, 1.82) is 0 Å². The Morgan fingerprint density at radius 1 is 1.10 bits per heavy atom. The van der Waals surface area contributed by atoms with Gasteiger partial charge >= 0.3 is 6.18 Å². The van der Waals surface area contributed by atoms with Crippen molar-refractivity contribution in [3.05, 3.63) is 50.6 Å². The van der Waals surface area contributed by atoms with Gasteiger partial charge in [0, 0.05) is 14.2 Å². The van der Waals surface area contributed by atoms with Crippen LogP contribution in [0.2, 0.25) is 5.02 Å². The number of nitrogens with zero attached hydrogens (tertiary/aromatic N) is 1. The lowest BCUT2D eigenvalue weighted by atomic mass is 10.2. The summed E-state index contributed by atoms with van der Waals surface area (Å²) in [4.78, 5) is 7.24. The summed E-state index contributed by atoms with van der Waals surface area (Å²) < 4.78 is 39.0. The van der Waals surface area contributed by atoms with E-state index >= 15 is 0 Å². The fourth-order valence-corrected chi connectivity index (χ4v) is 2.76. The van der Waals surface area contributed by atoms with E-state index in [9.17, 15) is 13.2 Å². The molecule has 3 rings (SSSR count). The van der Waals surface area contributed by atoms with Crippen LogP contribution >= 0.6 is 34.2 Å². The maximum Gasteiger partial charge on any atom is 0.416 e. The van der Waals surface area contributed by atoms with E-state index in [0.717, 1.165) is 21.3 Å². The largest absolute Gasteiger partial charge is 0.416 e. The van der Waals surface area contributed by atoms with E-state index < -0.39 is 11.7 Å². The molecule has 3 aromatic rings. The molecule has 0 amide bonds. The van der Waals surface area contributed by atoms with Gasteiger partial charge in [-0.1, -0.05) is 11.6 Å². The van der Waals surface area contributed by atoms with Crippen molar-refractivity contribution in [3.8, 4) is 11.4 Å². The van der Waals surface area contributed by atoms with Crippen LogP contribution in [-0.2, 0) is 6.18 Å². The van der Waals surface area contributed by atoms with E-state index in [1.54, 1.807) is 12.1 Å². The van der Waals surface area contributed by atoms with Gasteiger partial charge in [0.25, 0.3) is 0 Å². The molecule has 2 nitrogen and oxygen atoms in total. The molecule has 0 radical (unpaired) electrons. The Labute approximate surface area is 136 Å². The lowest BCUT2D eigenvalue weighted by Gasteiger charge is -2.05. The third kappa shape index (κ3) is 2.87. The molecule has 0 atom stereocenters. The first kappa shape index (κ1) is 14.6. The predicted molar refractivity (Wildman–Crippen MR) is 84.3 cm³/mol. The number of imidazole rings is 1. The van der Waals surface area contributed by atoms with Gasteiger partial charge in [-0.2, -0.15) is 13.2 Å². The second-order valence-corrected chi connectivity index (χ2v) is 6.04. The highest BCUT2D eigenvalue weighted by molar-refractivity contribution is 14.1. The molecule has 108 valence electrons. The van der Waals surface area contributed by atoms with Crippen LogP contribution in [0.5, 0.6) is 0 Å². The standard InChI is InChI=1S/C14H7ClF3IN2/c15-8-2-3-10(19)9(6-8)13-20-11-4-1-7(14(16,17)18)5-12(11)21-13/h1-6H,(H,20,21). The second-order valence-electron chi connectivity index (χ2n) is 4.44. The van der Waals surface area contributed by atoms with Crippen molar-refractivity contribution in [2.24, 2.45) is 0 Å². The van der Waals surface area contributed by atoms with Crippen LogP contribution in [0.3, 0.4) is 0 Å². The summed E-state index contributed by atoms with van der Waals surface area (Å²) in [5, 5.41) is 0.543. The highest BCUT2D eigenvalue weighted by atomic mass is 127. The van der Waals surface area contributed by atoms with Crippen LogP contribution in [-0.4, -0.2) is 9.97 Å². The number of rotatable bonds is 1. The summed E-state index contributed by atoms with van der Waals surface area (Å²) in [6, 6.07) is 8.74. The van der Waals surface area contributed by atoms with Crippen molar-refractivity contribution in [2.45, 2.75) is 6.18 Å². The van der Waals surface area contributed by atoms with Gasteiger partial charge in [-0.3, -0.25) is 0 Å². The number of hydrogen-bond acceptors (Lipinski definition) is 1. The summed E-state index contributed by atoms with van der Waals surface area (Å²) >= 11 is 8.08. The number of hydrogen-bond donors (Lipinski definition) is 1. The van der Waals surface area contributed by atoms with E-state index in [1.807, 2.05) is 6.07 Å². The number of H-pyrrole nitrogens is 1. The van der Waals surface area contributed by atoms with Crippen molar-refractivity contribution >= 4 is 45.2 Å². The van der Waals surface area contributed by atoms with Gasteiger partial charge in [-0.15, -0.1) is 0 Å². The highest BCUT2D eigenvalue weighted by Gasteiger charge is 2.30. The van der Waals surface area contributed by atoms with E-state index in [0.29, 0.717) is 21.9 Å². The molecule has 0 spiro atoms. The average molecular weight is 423 g/mol. The molecule has 0 aliphatic carbocycles. The fourth-order valence-electron chi connectivity index (χ4n) is 1.99. The topological polar surface area (TPSA) is 28.7 Å². The quantitative estimate of drug-likeness (QED) is 0.515. The third-order valence-corrected chi connectivity index (χ3v) is 4.17. The number of halogens is 5. The summed E-state index contributed by atoms with van der Waals surface area (Å²) in [6.45, 7) is 0. The molecule has 0 aliphatic rings.